The van der Waals surface area contributed by atoms with Crippen molar-refractivity contribution in [2.75, 3.05) is 13.7 Å². The molecule has 1 rings (SSSR count). The Morgan fingerprint density at radius 3 is 2.22 bits per heavy atom. The van der Waals surface area contributed by atoms with Gasteiger partial charge in [-0.25, -0.2) is 13.2 Å². The van der Waals surface area contributed by atoms with Gasteiger partial charge in [-0.1, -0.05) is 33.1 Å². The lowest BCUT2D eigenvalue weighted by Crippen LogP contribution is -2.49. The molecule has 1 amide bonds. The molecule has 0 aliphatic heterocycles. The van der Waals surface area contributed by atoms with Crippen molar-refractivity contribution in [1.82, 2.24) is 5.32 Å². The van der Waals surface area contributed by atoms with Crippen LogP contribution in [0.1, 0.15) is 46.0 Å². The second-order valence-corrected chi connectivity index (χ2v) is 8.67. The molecule has 0 heterocycles. The minimum atomic E-state index is -3.60. The van der Waals surface area contributed by atoms with Gasteiger partial charge in [0.25, 0.3) is 0 Å². The van der Waals surface area contributed by atoms with Crippen LogP contribution in [0.15, 0.2) is 0 Å². The highest BCUT2D eigenvalue weighted by molar-refractivity contribution is 7.93. The zero-order valence-corrected chi connectivity index (χ0v) is 14.8. The van der Waals surface area contributed by atoms with Crippen molar-refractivity contribution < 1.29 is 27.9 Å². The minimum absolute atomic E-state index is 0.256. The molecular weight excluding hydrogens is 322 g/mol. The van der Waals surface area contributed by atoms with Crippen LogP contribution in [-0.4, -0.2) is 55.7 Å². The fraction of sp³-hybridized carbons (Fsp3) is 0.867. The van der Waals surface area contributed by atoms with E-state index in [4.69, 9.17) is 9.84 Å². The predicted molar refractivity (Wildman–Crippen MR) is 85.9 cm³/mol. The van der Waals surface area contributed by atoms with Crippen LogP contribution in [0.2, 0.25) is 0 Å². The number of carboxylic acids is 1. The van der Waals surface area contributed by atoms with Crippen LogP contribution in [0, 0.1) is 5.92 Å². The first-order valence-corrected chi connectivity index (χ1v) is 9.58. The Hall–Kier alpha value is -1.15. The highest BCUT2D eigenvalue weighted by atomic mass is 32.2. The summed E-state index contributed by atoms with van der Waals surface area (Å²) in [5.41, 5.74) is 0. The molecule has 1 aliphatic carbocycles. The fourth-order valence-corrected chi connectivity index (χ4v) is 5.54. The number of hydrogen-bond acceptors (Lipinski definition) is 5. The Bertz CT molecular complexity index is 510. The number of carbonyl (C=O) groups is 2. The first-order valence-electron chi connectivity index (χ1n) is 7.97. The monoisotopic (exact) mass is 349 g/mol. The van der Waals surface area contributed by atoms with Crippen LogP contribution in [0.4, 0.5) is 0 Å². The topological polar surface area (TPSA) is 110 Å². The van der Waals surface area contributed by atoms with Gasteiger partial charge in [0.2, 0.25) is 5.91 Å². The van der Waals surface area contributed by atoms with E-state index in [9.17, 15) is 18.0 Å². The van der Waals surface area contributed by atoms with Gasteiger partial charge in [-0.2, -0.15) is 0 Å². The van der Waals surface area contributed by atoms with E-state index in [0.29, 0.717) is 12.8 Å². The summed E-state index contributed by atoms with van der Waals surface area (Å²) in [5.74, 6) is -2.23. The molecule has 1 fully saturated rings. The molecule has 0 spiro atoms. The summed E-state index contributed by atoms with van der Waals surface area (Å²) < 4.78 is 30.4. The molecule has 1 saturated carbocycles. The van der Waals surface area contributed by atoms with Crippen LogP contribution in [-0.2, 0) is 24.2 Å². The van der Waals surface area contributed by atoms with Crippen molar-refractivity contribution in [2.24, 2.45) is 5.92 Å². The number of aliphatic carboxylic acids is 1. The Morgan fingerprint density at radius 2 is 1.78 bits per heavy atom. The van der Waals surface area contributed by atoms with Crippen LogP contribution >= 0.6 is 0 Å². The van der Waals surface area contributed by atoms with Crippen molar-refractivity contribution in [2.45, 2.75) is 62.6 Å². The lowest BCUT2D eigenvalue weighted by Gasteiger charge is -2.28. The molecule has 0 aromatic carbocycles. The maximum Gasteiger partial charge on any atom is 0.334 e. The summed E-state index contributed by atoms with van der Waals surface area (Å²) in [7, 11) is -2.37. The summed E-state index contributed by atoms with van der Waals surface area (Å²) in [4.78, 5) is 23.3. The standard InChI is InChI=1S/C15H27NO6S/c1-10(2)13(14(17)16-9-12(22-3)15(18)19)23(20,21)11-7-5-4-6-8-11/h10-13H,4-9H2,1-3H3,(H,16,17)(H,18,19). The second-order valence-electron chi connectivity index (χ2n) is 6.32. The van der Waals surface area contributed by atoms with Gasteiger partial charge in [-0.15, -0.1) is 0 Å². The SMILES string of the molecule is COC(CNC(=O)C(C(C)C)S(=O)(=O)C1CCCCC1)C(=O)O. The third-order valence-electron chi connectivity index (χ3n) is 4.26. The lowest BCUT2D eigenvalue weighted by atomic mass is 10.0. The number of sulfone groups is 1. The van der Waals surface area contributed by atoms with Crippen molar-refractivity contribution in [3.8, 4) is 0 Å². The molecule has 0 bridgehead atoms. The van der Waals surface area contributed by atoms with Crippen LogP contribution in [0.5, 0.6) is 0 Å². The van der Waals surface area contributed by atoms with Gasteiger partial charge in [-0.3, -0.25) is 4.79 Å². The lowest BCUT2D eigenvalue weighted by molar-refractivity contribution is -0.148. The number of hydrogen-bond donors (Lipinski definition) is 2. The van der Waals surface area contributed by atoms with Gasteiger partial charge < -0.3 is 15.2 Å². The highest BCUT2D eigenvalue weighted by Gasteiger charge is 2.41. The van der Waals surface area contributed by atoms with Gasteiger partial charge >= 0.3 is 5.97 Å². The first-order chi connectivity index (χ1) is 10.7. The maximum absolute atomic E-state index is 12.8. The molecule has 2 unspecified atom stereocenters. The summed E-state index contributed by atoms with van der Waals surface area (Å²) >= 11 is 0. The zero-order valence-electron chi connectivity index (χ0n) is 13.9. The van der Waals surface area contributed by atoms with Crippen molar-refractivity contribution in [3.05, 3.63) is 0 Å². The van der Waals surface area contributed by atoms with E-state index >= 15 is 0 Å². The van der Waals surface area contributed by atoms with Gasteiger partial charge in [-0.05, 0) is 18.8 Å². The average Bonchev–Trinajstić information content (AvgIpc) is 2.47. The zero-order chi connectivity index (χ0) is 17.6. The molecule has 134 valence electrons. The van der Waals surface area contributed by atoms with Crippen LogP contribution < -0.4 is 5.32 Å². The van der Waals surface area contributed by atoms with Crippen molar-refractivity contribution in [1.29, 1.82) is 0 Å². The molecule has 8 heteroatoms. The molecule has 0 aromatic rings. The quantitative estimate of drug-likeness (QED) is 0.676. The van der Waals surface area contributed by atoms with Gasteiger partial charge in [0.05, 0.1) is 11.8 Å². The number of carboxylic acid groups (broad SMARTS) is 1. The third-order valence-corrected chi connectivity index (χ3v) is 7.12. The fourth-order valence-electron chi connectivity index (χ4n) is 3.00. The van der Waals surface area contributed by atoms with E-state index in [1.165, 1.54) is 7.11 Å². The van der Waals surface area contributed by atoms with E-state index in [0.717, 1.165) is 19.3 Å². The average molecular weight is 349 g/mol. The Labute approximate surface area is 137 Å². The first kappa shape index (κ1) is 19.9. The summed E-state index contributed by atoms with van der Waals surface area (Å²) in [5, 5.41) is 9.69. The Balaban J connectivity index is 2.84. The maximum atomic E-state index is 12.8. The number of amides is 1. The predicted octanol–water partition coefficient (Wildman–Crippen LogP) is 0.974. The van der Waals surface area contributed by atoms with E-state index in [-0.39, 0.29) is 12.5 Å². The van der Waals surface area contributed by atoms with E-state index in [1.807, 2.05) is 0 Å². The molecule has 2 N–H and O–H groups in total. The normalized spacial score (nSPS) is 19.3. The molecule has 0 aromatic heterocycles. The summed E-state index contributed by atoms with van der Waals surface area (Å²) in [6.45, 7) is 3.12. The molecule has 7 nitrogen and oxygen atoms in total. The second kappa shape index (κ2) is 8.63. The molecule has 1 aliphatic rings. The molecule has 2 atom stereocenters. The number of ether oxygens (including phenoxy) is 1. The van der Waals surface area contributed by atoms with Crippen LogP contribution in [0.3, 0.4) is 0 Å². The van der Waals surface area contributed by atoms with Gasteiger partial charge in [0.15, 0.2) is 15.9 Å². The van der Waals surface area contributed by atoms with Gasteiger partial charge in [0.1, 0.15) is 5.25 Å². The van der Waals surface area contributed by atoms with Crippen molar-refractivity contribution in [3.63, 3.8) is 0 Å². The van der Waals surface area contributed by atoms with E-state index in [1.54, 1.807) is 13.8 Å². The summed E-state index contributed by atoms with van der Waals surface area (Å²) in [6.07, 6.45) is 2.74. The third kappa shape index (κ3) is 5.17. The molecular formula is C15H27NO6S. The number of nitrogens with one attached hydrogen (secondary N) is 1. The van der Waals surface area contributed by atoms with Gasteiger partial charge in [0, 0.05) is 7.11 Å². The Morgan fingerprint density at radius 1 is 1.22 bits per heavy atom. The number of rotatable bonds is 8. The van der Waals surface area contributed by atoms with Crippen LogP contribution in [0.25, 0.3) is 0 Å². The largest absolute Gasteiger partial charge is 0.479 e. The van der Waals surface area contributed by atoms with Crippen molar-refractivity contribution >= 4 is 21.7 Å². The Kier molecular flexibility index (Phi) is 7.47. The van der Waals surface area contributed by atoms with E-state index in [2.05, 4.69) is 5.32 Å². The minimum Gasteiger partial charge on any atom is -0.479 e. The molecule has 0 radical (unpaired) electrons. The number of methoxy groups -OCH3 is 1. The van der Waals surface area contributed by atoms with E-state index < -0.39 is 38.3 Å². The summed E-state index contributed by atoms with van der Waals surface area (Å²) in [6, 6.07) is 0. The highest BCUT2D eigenvalue weighted by Crippen LogP contribution is 2.29. The number of carbonyl (C=O) groups excluding carboxylic acids is 1. The molecule has 0 saturated heterocycles. The molecule has 23 heavy (non-hydrogen) atoms. The smallest absolute Gasteiger partial charge is 0.334 e.